The number of nitrogen functional groups attached to an aromatic ring is 1. The van der Waals surface area contributed by atoms with E-state index in [0.29, 0.717) is 12.2 Å². The van der Waals surface area contributed by atoms with Crippen molar-refractivity contribution in [3.63, 3.8) is 0 Å². The lowest BCUT2D eigenvalue weighted by Crippen LogP contribution is -2.46. The Labute approximate surface area is 124 Å². The molecule has 1 heterocycles. The first kappa shape index (κ1) is 13.9. The maximum absolute atomic E-state index is 13.8. The lowest BCUT2D eigenvalue weighted by Gasteiger charge is -2.36. The summed E-state index contributed by atoms with van der Waals surface area (Å²) in [7, 11) is 0. The Bertz CT molecular complexity index is 592. The van der Waals surface area contributed by atoms with Crippen LogP contribution in [0.15, 0.2) is 48.5 Å². The van der Waals surface area contributed by atoms with E-state index in [2.05, 4.69) is 34.1 Å². The topological polar surface area (TPSA) is 32.5 Å². The summed E-state index contributed by atoms with van der Waals surface area (Å²) in [6.45, 7) is 4.48. The molecule has 2 aromatic carbocycles. The van der Waals surface area contributed by atoms with Crippen LogP contribution in [0.25, 0.3) is 0 Å². The fourth-order valence-corrected chi connectivity index (χ4v) is 2.74. The molecule has 0 bridgehead atoms. The summed E-state index contributed by atoms with van der Waals surface area (Å²) in [6, 6.07) is 15.4. The first-order valence-corrected chi connectivity index (χ1v) is 7.28. The molecule has 2 N–H and O–H groups in total. The fraction of sp³-hybridized carbons (Fsp3) is 0.294. The van der Waals surface area contributed by atoms with E-state index in [1.54, 1.807) is 12.1 Å². The zero-order valence-corrected chi connectivity index (χ0v) is 12.0. The minimum Gasteiger partial charge on any atom is -0.399 e. The first-order chi connectivity index (χ1) is 10.2. The van der Waals surface area contributed by atoms with Gasteiger partial charge in [0.2, 0.25) is 0 Å². The second kappa shape index (κ2) is 6.14. The molecule has 4 heteroatoms. The molecule has 1 aliphatic heterocycles. The molecule has 1 fully saturated rings. The third kappa shape index (κ3) is 3.34. The molecule has 1 aliphatic rings. The zero-order chi connectivity index (χ0) is 14.7. The maximum atomic E-state index is 13.8. The minimum absolute atomic E-state index is 0.208. The van der Waals surface area contributed by atoms with Gasteiger partial charge in [0.15, 0.2) is 0 Å². The highest BCUT2D eigenvalue weighted by Crippen LogP contribution is 2.18. The maximum Gasteiger partial charge on any atom is 0.129 e. The van der Waals surface area contributed by atoms with Gasteiger partial charge in [-0.15, -0.1) is 0 Å². The number of anilines is 2. The number of hydrogen-bond acceptors (Lipinski definition) is 3. The van der Waals surface area contributed by atoms with Gasteiger partial charge in [-0.2, -0.15) is 0 Å². The summed E-state index contributed by atoms with van der Waals surface area (Å²) in [5, 5.41) is 0. The molecule has 0 spiro atoms. The highest BCUT2D eigenvalue weighted by molar-refractivity contribution is 5.46. The third-order valence-electron chi connectivity index (χ3n) is 3.96. The van der Waals surface area contributed by atoms with E-state index >= 15 is 0 Å². The lowest BCUT2D eigenvalue weighted by molar-refractivity contribution is 0.246. The number of nitrogens with zero attached hydrogens (tertiary/aromatic N) is 2. The van der Waals surface area contributed by atoms with Crippen LogP contribution < -0.4 is 10.6 Å². The van der Waals surface area contributed by atoms with Crippen molar-refractivity contribution >= 4 is 11.4 Å². The molecule has 0 unspecified atom stereocenters. The Morgan fingerprint density at radius 3 is 2.33 bits per heavy atom. The Hall–Kier alpha value is -2.07. The van der Waals surface area contributed by atoms with Crippen molar-refractivity contribution in [2.75, 3.05) is 36.8 Å². The Morgan fingerprint density at radius 1 is 0.952 bits per heavy atom. The summed E-state index contributed by atoms with van der Waals surface area (Å²) in [5.74, 6) is -0.208. The van der Waals surface area contributed by atoms with Crippen LogP contribution in [0.4, 0.5) is 15.8 Å². The smallest absolute Gasteiger partial charge is 0.129 e. The van der Waals surface area contributed by atoms with Gasteiger partial charge in [-0.1, -0.05) is 24.3 Å². The third-order valence-corrected chi connectivity index (χ3v) is 3.96. The van der Waals surface area contributed by atoms with Crippen LogP contribution in [0.2, 0.25) is 0 Å². The standard InChI is InChI=1S/C17H20FN3/c18-17-12-15(19)7-6-14(17)13-20-8-10-21(11-9-20)16-4-2-1-3-5-16/h1-7,12H,8-11,13,19H2. The van der Waals surface area contributed by atoms with E-state index in [4.69, 9.17) is 5.73 Å². The number of piperazine rings is 1. The zero-order valence-electron chi connectivity index (χ0n) is 12.0. The summed E-state index contributed by atoms with van der Waals surface area (Å²) >= 11 is 0. The fourth-order valence-electron chi connectivity index (χ4n) is 2.74. The minimum atomic E-state index is -0.208. The van der Waals surface area contributed by atoms with E-state index in [0.717, 1.165) is 31.7 Å². The van der Waals surface area contributed by atoms with E-state index in [1.165, 1.54) is 11.8 Å². The number of halogens is 1. The van der Waals surface area contributed by atoms with Crippen molar-refractivity contribution < 1.29 is 4.39 Å². The molecule has 0 atom stereocenters. The van der Waals surface area contributed by atoms with Gasteiger partial charge >= 0.3 is 0 Å². The number of para-hydroxylation sites is 1. The highest BCUT2D eigenvalue weighted by Gasteiger charge is 2.18. The summed E-state index contributed by atoms with van der Waals surface area (Å²) < 4.78 is 13.8. The highest BCUT2D eigenvalue weighted by atomic mass is 19.1. The average Bonchev–Trinajstić information content (AvgIpc) is 2.52. The monoisotopic (exact) mass is 285 g/mol. The van der Waals surface area contributed by atoms with E-state index in [-0.39, 0.29) is 5.82 Å². The molecule has 0 amide bonds. The van der Waals surface area contributed by atoms with E-state index < -0.39 is 0 Å². The molecule has 21 heavy (non-hydrogen) atoms. The van der Waals surface area contributed by atoms with Gasteiger partial charge in [-0.3, -0.25) is 4.90 Å². The van der Waals surface area contributed by atoms with Crippen LogP contribution >= 0.6 is 0 Å². The van der Waals surface area contributed by atoms with Crippen molar-refractivity contribution in [2.24, 2.45) is 0 Å². The number of rotatable bonds is 3. The molecule has 0 radical (unpaired) electrons. The molecule has 3 nitrogen and oxygen atoms in total. The molecule has 3 rings (SSSR count). The molecule has 110 valence electrons. The second-order valence-corrected chi connectivity index (χ2v) is 5.45. The van der Waals surface area contributed by atoms with Crippen molar-refractivity contribution in [2.45, 2.75) is 6.54 Å². The van der Waals surface area contributed by atoms with Gasteiger partial charge in [0.05, 0.1) is 0 Å². The average molecular weight is 285 g/mol. The van der Waals surface area contributed by atoms with Crippen molar-refractivity contribution in [3.05, 3.63) is 59.9 Å². The molecule has 0 saturated carbocycles. The molecule has 0 aliphatic carbocycles. The van der Waals surface area contributed by atoms with Gasteiger partial charge in [0.1, 0.15) is 5.82 Å². The quantitative estimate of drug-likeness (QED) is 0.880. The summed E-state index contributed by atoms with van der Waals surface area (Å²) in [5.41, 5.74) is 8.04. The van der Waals surface area contributed by atoms with Crippen LogP contribution in [0.1, 0.15) is 5.56 Å². The Morgan fingerprint density at radius 2 is 1.67 bits per heavy atom. The van der Waals surface area contributed by atoms with Crippen molar-refractivity contribution in [1.82, 2.24) is 4.90 Å². The van der Waals surface area contributed by atoms with Gasteiger partial charge in [0.25, 0.3) is 0 Å². The summed E-state index contributed by atoms with van der Waals surface area (Å²) in [4.78, 5) is 4.66. The van der Waals surface area contributed by atoms with Gasteiger partial charge < -0.3 is 10.6 Å². The molecular weight excluding hydrogens is 265 g/mol. The van der Waals surface area contributed by atoms with E-state index in [1.807, 2.05) is 6.07 Å². The predicted octanol–water partition coefficient (Wildman–Crippen LogP) is 2.73. The second-order valence-electron chi connectivity index (χ2n) is 5.45. The number of hydrogen-bond donors (Lipinski definition) is 1. The van der Waals surface area contributed by atoms with Crippen molar-refractivity contribution in [3.8, 4) is 0 Å². The number of benzene rings is 2. The van der Waals surface area contributed by atoms with Crippen LogP contribution in [-0.2, 0) is 6.54 Å². The summed E-state index contributed by atoms with van der Waals surface area (Å²) in [6.07, 6.45) is 0. The SMILES string of the molecule is Nc1ccc(CN2CCN(c3ccccc3)CC2)c(F)c1. The van der Waals surface area contributed by atoms with E-state index in [9.17, 15) is 4.39 Å². The van der Waals surface area contributed by atoms with Gasteiger partial charge in [-0.25, -0.2) is 4.39 Å². The molecule has 2 aromatic rings. The molecule has 0 aromatic heterocycles. The van der Waals surface area contributed by atoms with Crippen LogP contribution in [0, 0.1) is 5.82 Å². The Kier molecular flexibility index (Phi) is 4.06. The lowest BCUT2D eigenvalue weighted by atomic mass is 10.1. The normalized spacial score (nSPS) is 16.1. The molecule has 1 saturated heterocycles. The van der Waals surface area contributed by atoms with Crippen molar-refractivity contribution in [1.29, 1.82) is 0 Å². The first-order valence-electron chi connectivity index (χ1n) is 7.28. The van der Waals surface area contributed by atoms with Crippen LogP contribution in [-0.4, -0.2) is 31.1 Å². The van der Waals surface area contributed by atoms with Gasteiger partial charge in [0, 0.05) is 49.7 Å². The predicted molar refractivity (Wildman–Crippen MR) is 84.7 cm³/mol. The number of nitrogens with two attached hydrogens (primary N) is 1. The van der Waals surface area contributed by atoms with Gasteiger partial charge in [-0.05, 0) is 24.3 Å². The Balaban J connectivity index is 1.59. The van der Waals surface area contributed by atoms with Crippen LogP contribution in [0.5, 0.6) is 0 Å². The molecular formula is C17H20FN3. The largest absolute Gasteiger partial charge is 0.399 e. The van der Waals surface area contributed by atoms with Crippen LogP contribution in [0.3, 0.4) is 0 Å².